The lowest BCUT2D eigenvalue weighted by Gasteiger charge is -2.46. The first kappa shape index (κ1) is 17.6. The second kappa shape index (κ2) is 5.73. The zero-order valence-corrected chi connectivity index (χ0v) is 13.7. The molecule has 0 bridgehead atoms. The molecule has 0 aromatic heterocycles. The molecule has 0 aliphatic rings. The summed E-state index contributed by atoms with van der Waals surface area (Å²) in [7, 11) is -3.21. The van der Waals surface area contributed by atoms with Crippen molar-refractivity contribution in [2.24, 2.45) is 0 Å². The van der Waals surface area contributed by atoms with Crippen molar-refractivity contribution in [3.63, 3.8) is 0 Å². The van der Waals surface area contributed by atoms with Crippen LogP contribution in [0.1, 0.15) is 41.5 Å². The number of carbonyl (C=O) groups excluding carboxylic acids is 2. The van der Waals surface area contributed by atoms with Crippen molar-refractivity contribution in [2.75, 3.05) is 0 Å². The van der Waals surface area contributed by atoms with E-state index in [2.05, 4.69) is 13.2 Å². The van der Waals surface area contributed by atoms with Crippen molar-refractivity contribution >= 4 is 20.5 Å². The van der Waals surface area contributed by atoms with Crippen LogP contribution in [0.5, 0.6) is 0 Å². The Morgan fingerprint density at radius 1 is 0.842 bits per heavy atom. The molecule has 0 heterocycles. The zero-order valence-electron chi connectivity index (χ0n) is 12.7. The molecule has 0 unspecified atom stereocenters. The first-order valence-electron chi connectivity index (χ1n) is 6.12. The average molecular weight is 284 g/mol. The van der Waals surface area contributed by atoms with E-state index in [-0.39, 0.29) is 0 Å². The fourth-order valence-electron chi connectivity index (χ4n) is 2.12. The summed E-state index contributed by atoms with van der Waals surface area (Å²) in [6.07, 6.45) is 2.17. The molecule has 0 aliphatic heterocycles. The number of hydrogen-bond acceptors (Lipinski definition) is 4. The van der Waals surface area contributed by atoms with Crippen LogP contribution in [0.2, 0.25) is 10.1 Å². The molecule has 108 valence electrons. The van der Waals surface area contributed by atoms with Gasteiger partial charge in [-0.3, -0.25) is 0 Å². The van der Waals surface area contributed by atoms with Crippen LogP contribution in [-0.4, -0.2) is 20.5 Å². The summed E-state index contributed by atoms with van der Waals surface area (Å²) < 4.78 is 11.2. The van der Waals surface area contributed by atoms with Gasteiger partial charge in [0.1, 0.15) is 0 Å². The fourth-order valence-corrected chi connectivity index (χ4v) is 6.37. The number of carbonyl (C=O) groups is 2. The monoisotopic (exact) mass is 284 g/mol. The molecular weight excluding hydrogens is 260 g/mol. The van der Waals surface area contributed by atoms with Gasteiger partial charge >= 0.3 is 20.5 Å². The summed E-state index contributed by atoms with van der Waals surface area (Å²) in [5.41, 5.74) is 0. The van der Waals surface area contributed by atoms with Gasteiger partial charge in [-0.05, 0) is 0 Å². The first-order valence-corrected chi connectivity index (χ1v) is 7.94. The van der Waals surface area contributed by atoms with Crippen molar-refractivity contribution in [1.29, 1.82) is 0 Å². The van der Waals surface area contributed by atoms with E-state index in [1.807, 2.05) is 41.5 Å². The Morgan fingerprint density at radius 2 is 1.11 bits per heavy atom. The van der Waals surface area contributed by atoms with E-state index in [1.165, 1.54) is 0 Å². The molecular formula is C14H24O4Si. The largest absolute Gasteiger partial charge is 0.481 e. The second-order valence-corrected chi connectivity index (χ2v) is 11.0. The maximum absolute atomic E-state index is 11.7. The van der Waals surface area contributed by atoms with Crippen LogP contribution in [0.15, 0.2) is 25.3 Å². The molecule has 4 nitrogen and oxygen atoms in total. The van der Waals surface area contributed by atoms with Crippen LogP contribution < -0.4 is 0 Å². The molecule has 0 fully saturated rings. The third kappa shape index (κ3) is 3.80. The normalized spacial score (nSPS) is 12.5. The van der Waals surface area contributed by atoms with E-state index in [0.717, 1.165) is 12.2 Å². The highest BCUT2D eigenvalue weighted by Gasteiger charge is 2.63. The SMILES string of the molecule is C=CC(=O)O[Si](OC(=O)C=C)(C(C)(C)C)C(C)(C)C. The summed E-state index contributed by atoms with van der Waals surface area (Å²) in [5.74, 6) is -1.15. The molecule has 0 aromatic rings. The Bertz CT molecular complexity index is 347. The molecule has 0 amide bonds. The van der Waals surface area contributed by atoms with E-state index < -0.39 is 30.6 Å². The summed E-state index contributed by atoms with van der Waals surface area (Å²) >= 11 is 0. The van der Waals surface area contributed by atoms with Crippen LogP contribution in [0.3, 0.4) is 0 Å². The second-order valence-electron chi connectivity index (χ2n) is 6.37. The Hall–Kier alpha value is -1.36. The van der Waals surface area contributed by atoms with E-state index in [0.29, 0.717) is 0 Å². The van der Waals surface area contributed by atoms with Crippen LogP contribution >= 0.6 is 0 Å². The maximum atomic E-state index is 11.7. The molecule has 0 aromatic carbocycles. The summed E-state index contributed by atoms with van der Waals surface area (Å²) in [5, 5.41) is -0.967. The van der Waals surface area contributed by atoms with Gasteiger partial charge in [0.2, 0.25) is 0 Å². The van der Waals surface area contributed by atoms with Crippen molar-refractivity contribution in [3.05, 3.63) is 25.3 Å². The van der Waals surface area contributed by atoms with Gasteiger partial charge in [-0.2, -0.15) is 0 Å². The third-order valence-corrected chi connectivity index (χ3v) is 7.72. The van der Waals surface area contributed by atoms with Crippen molar-refractivity contribution in [2.45, 2.75) is 51.6 Å². The van der Waals surface area contributed by atoms with Crippen molar-refractivity contribution in [1.82, 2.24) is 0 Å². The molecule has 0 radical (unpaired) electrons. The quantitative estimate of drug-likeness (QED) is 0.586. The summed E-state index contributed by atoms with van der Waals surface area (Å²) in [4.78, 5) is 23.3. The van der Waals surface area contributed by atoms with E-state index in [1.54, 1.807) is 0 Å². The Labute approximate surface area is 116 Å². The van der Waals surface area contributed by atoms with Crippen LogP contribution in [-0.2, 0) is 18.4 Å². The molecule has 19 heavy (non-hydrogen) atoms. The Balaban J connectivity index is 5.87. The van der Waals surface area contributed by atoms with Crippen LogP contribution in [0, 0.1) is 0 Å². The topological polar surface area (TPSA) is 52.6 Å². The predicted octanol–water partition coefficient (Wildman–Crippen LogP) is 3.49. The smallest absolute Gasteiger partial charge is 0.475 e. The molecule has 0 rings (SSSR count). The molecule has 0 aliphatic carbocycles. The van der Waals surface area contributed by atoms with Crippen LogP contribution in [0.4, 0.5) is 0 Å². The Kier molecular flexibility index (Phi) is 5.32. The Morgan fingerprint density at radius 3 is 1.26 bits per heavy atom. The predicted molar refractivity (Wildman–Crippen MR) is 77.8 cm³/mol. The molecule has 5 heteroatoms. The van der Waals surface area contributed by atoms with Gasteiger partial charge in [-0.15, -0.1) is 0 Å². The average Bonchev–Trinajstić information content (AvgIpc) is 2.24. The van der Waals surface area contributed by atoms with E-state index in [4.69, 9.17) is 8.85 Å². The maximum Gasteiger partial charge on any atom is 0.475 e. The van der Waals surface area contributed by atoms with Gasteiger partial charge in [0.25, 0.3) is 0 Å². The van der Waals surface area contributed by atoms with Crippen molar-refractivity contribution in [3.8, 4) is 0 Å². The van der Waals surface area contributed by atoms with E-state index in [9.17, 15) is 9.59 Å². The third-order valence-electron chi connectivity index (χ3n) is 2.80. The number of rotatable bonds is 4. The lowest BCUT2D eigenvalue weighted by molar-refractivity contribution is -0.137. The van der Waals surface area contributed by atoms with Gasteiger partial charge in [0, 0.05) is 22.2 Å². The van der Waals surface area contributed by atoms with Gasteiger partial charge < -0.3 is 8.85 Å². The zero-order chi connectivity index (χ0) is 15.5. The molecule has 0 atom stereocenters. The van der Waals surface area contributed by atoms with Crippen molar-refractivity contribution < 1.29 is 18.4 Å². The minimum absolute atomic E-state index is 0.484. The number of hydrogen-bond donors (Lipinski definition) is 0. The standard InChI is InChI=1S/C14H24O4Si/c1-9-11(15)17-19(13(3,4)5,14(6,7)8)18-12(16)10-2/h9-10H,1-2H2,3-8H3. The lowest BCUT2D eigenvalue weighted by atomic mass is 10.2. The highest BCUT2D eigenvalue weighted by molar-refractivity contribution is 6.76. The van der Waals surface area contributed by atoms with Gasteiger partial charge in [-0.25, -0.2) is 9.59 Å². The summed E-state index contributed by atoms with van der Waals surface area (Å²) in [6, 6.07) is 0. The minimum Gasteiger partial charge on any atom is -0.481 e. The molecule has 0 saturated carbocycles. The fraction of sp³-hybridized carbons (Fsp3) is 0.571. The lowest BCUT2D eigenvalue weighted by Crippen LogP contribution is -2.59. The van der Waals surface area contributed by atoms with Gasteiger partial charge in [0.15, 0.2) is 0 Å². The molecule has 0 saturated heterocycles. The van der Waals surface area contributed by atoms with E-state index >= 15 is 0 Å². The summed E-state index contributed by atoms with van der Waals surface area (Å²) in [6.45, 7) is 18.2. The van der Waals surface area contributed by atoms with Crippen LogP contribution in [0.25, 0.3) is 0 Å². The molecule has 0 spiro atoms. The van der Waals surface area contributed by atoms with Gasteiger partial charge in [0.05, 0.1) is 0 Å². The highest BCUT2D eigenvalue weighted by Crippen LogP contribution is 2.52. The van der Waals surface area contributed by atoms with Gasteiger partial charge in [-0.1, -0.05) is 54.7 Å². The minimum atomic E-state index is -3.21. The first-order chi connectivity index (χ1) is 8.41. The molecule has 0 N–H and O–H groups in total. The highest BCUT2D eigenvalue weighted by atomic mass is 28.4.